The summed E-state index contributed by atoms with van der Waals surface area (Å²) in [5, 5.41) is 1.59. The molecule has 0 atom stereocenters. The first-order valence-electron chi connectivity index (χ1n) is 13.1. The minimum Gasteiger partial charge on any atom is -0.380 e. The van der Waals surface area contributed by atoms with Crippen LogP contribution in [0.2, 0.25) is 0 Å². The normalized spacial score (nSPS) is 12.6. The highest BCUT2D eigenvalue weighted by Crippen LogP contribution is 2.55. The molecule has 0 unspecified atom stereocenters. The predicted octanol–water partition coefficient (Wildman–Crippen LogP) is 9.36. The molecule has 5 nitrogen and oxygen atoms in total. The fourth-order valence-corrected chi connectivity index (χ4v) is 4.77. The Morgan fingerprint density at radius 2 is 1.45 bits per heavy atom. The third kappa shape index (κ3) is 8.02. The fraction of sp³-hybridized carbons (Fsp3) is 0.310. The zero-order valence-electron chi connectivity index (χ0n) is 23.6. The van der Waals surface area contributed by atoms with Gasteiger partial charge in [-0.2, -0.15) is 39.5 Å². The smallest absolute Gasteiger partial charge is 0.380 e. The number of anilines is 2. The van der Waals surface area contributed by atoms with Crippen LogP contribution in [0, 0.1) is 11.6 Å². The quantitative estimate of drug-likeness (QED) is 0.166. The molecule has 0 spiro atoms. The third-order valence-corrected chi connectivity index (χ3v) is 7.10. The SMILES string of the molecule is CCCOCCN(C(=O)c1ccc(F)cc1)c1cccc(C(=O)Nc2c(Br)cc(C(F)(C(F)(F)F)C(F)(F)F)cc2C(F)(F)F)c1F. The lowest BCUT2D eigenvalue weighted by Gasteiger charge is -2.31. The molecule has 256 valence electrons. The average Bonchev–Trinajstić information content (AvgIpc) is 2.96. The number of nitrogens with one attached hydrogen (secondary N) is 1. The number of halogens is 13. The average molecular weight is 753 g/mol. The molecule has 0 aliphatic rings. The number of carbonyl (C=O) groups is 2. The number of hydrogen-bond acceptors (Lipinski definition) is 3. The zero-order chi connectivity index (χ0) is 35.5. The van der Waals surface area contributed by atoms with Crippen molar-refractivity contribution >= 4 is 39.1 Å². The lowest BCUT2D eigenvalue weighted by atomic mass is 9.92. The first kappa shape index (κ1) is 37.7. The number of amides is 2. The van der Waals surface area contributed by atoms with Crippen LogP contribution in [0.5, 0.6) is 0 Å². The van der Waals surface area contributed by atoms with Gasteiger partial charge in [0.05, 0.1) is 29.1 Å². The largest absolute Gasteiger partial charge is 0.435 e. The summed E-state index contributed by atoms with van der Waals surface area (Å²) in [6, 6.07) is 5.83. The predicted molar refractivity (Wildman–Crippen MR) is 148 cm³/mol. The van der Waals surface area contributed by atoms with E-state index in [1.807, 2.05) is 0 Å². The first-order valence-corrected chi connectivity index (χ1v) is 13.9. The molecule has 0 aliphatic carbocycles. The molecule has 18 heteroatoms. The number of benzene rings is 3. The van der Waals surface area contributed by atoms with Crippen molar-refractivity contribution in [3.63, 3.8) is 0 Å². The van der Waals surface area contributed by atoms with E-state index in [1.165, 1.54) is 0 Å². The van der Waals surface area contributed by atoms with Crippen LogP contribution in [-0.2, 0) is 16.6 Å². The Hall–Kier alpha value is -3.80. The molecule has 3 rings (SSSR count). The van der Waals surface area contributed by atoms with Crippen LogP contribution in [0.3, 0.4) is 0 Å². The van der Waals surface area contributed by atoms with Crippen LogP contribution in [0.15, 0.2) is 59.1 Å². The van der Waals surface area contributed by atoms with Crippen LogP contribution in [-0.4, -0.2) is 43.9 Å². The minimum atomic E-state index is -6.75. The van der Waals surface area contributed by atoms with E-state index in [9.17, 15) is 57.9 Å². The van der Waals surface area contributed by atoms with E-state index in [4.69, 9.17) is 4.74 Å². The highest BCUT2D eigenvalue weighted by Gasteiger charge is 2.73. The summed E-state index contributed by atoms with van der Waals surface area (Å²) in [6.45, 7) is 1.54. The second kappa shape index (κ2) is 14.1. The molecular formula is C29H21BrF12N2O3. The number of carbonyl (C=O) groups excluding carboxylic acids is 2. The lowest BCUT2D eigenvalue weighted by Crippen LogP contribution is -2.50. The summed E-state index contributed by atoms with van der Waals surface area (Å²) in [6.07, 6.45) is -18.7. The number of rotatable bonds is 10. The molecule has 0 radical (unpaired) electrons. The summed E-state index contributed by atoms with van der Waals surface area (Å²) in [5.41, 5.74) is -14.3. The van der Waals surface area contributed by atoms with Gasteiger partial charge in [0.15, 0.2) is 5.82 Å². The zero-order valence-corrected chi connectivity index (χ0v) is 25.2. The molecule has 3 aromatic carbocycles. The number of ether oxygens (including phenoxy) is 1. The van der Waals surface area contributed by atoms with E-state index < -0.39 is 86.3 Å². The molecule has 3 aromatic rings. The van der Waals surface area contributed by atoms with Gasteiger partial charge in [-0.25, -0.2) is 13.2 Å². The number of nitrogens with zero attached hydrogens (tertiary/aromatic N) is 1. The Morgan fingerprint density at radius 1 is 0.851 bits per heavy atom. The van der Waals surface area contributed by atoms with Crippen LogP contribution in [0.1, 0.15) is 45.2 Å². The number of alkyl halides is 10. The van der Waals surface area contributed by atoms with E-state index in [0.717, 1.165) is 47.4 Å². The Kier molecular flexibility index (Phi) is 11.3. The lowest BCUT2D eigenvalue weighted by molar-refractivity contribution is -0.348. The monoisotopic (exact) mass is 752 g/mol. The Bertz CT molecular complexity index is 1590. The van der Waals surface area contributed by atoms with E-state index >= 15 is 4.39 Å². The van der Waals surface area contributed by atoms with Gasteiger partial charge in [-0.05, 0) is 70.9 Å². The molecule has 0 fully saturated rings. The van der Waals surface area contributed by atoms with Gasteiger partial charge in [0.2, 0.25) is 0 Å². The summed E-state index contributed by atoms with van der Waals surface area (Å²) in [7, 11) is 0. The summed E-state index contributed by atoms with van der Waals surface area (Å²) < 4.78 is 169. The van der Waals surface area contributed by atoms with E-state index in [2.05, 4.69) is 15.9 Å². The molecule has 0 aliphatic heterocycles. The summed E-state index contributed by atoms with van der Waals surface area (Å²) in [5.74, 6) is -4.76. The van der Waals surface area contributed by atoms with Gasteiger partial charge in [-0.15, -0.1) is 0 Å². The summed E-state index contributed by atoms with van der Waals surface area (Å²) >= 11 is 2.36. The molecule has 2 amide bonds. The van der Waals surface area contributed by atoms with E-state index in [1.54, 1.807) is 12.2 Å². The number of hydrogen-bond donors (Lipinski definition) is 1. The maximum atomic E-state index is 15.8. The van der Waals surface area contributed by atoms with Crippen molar-refractivity contribution in [3.8, 4) is 0 Å². The van der Waals surface area contributed by atoms with Gasteiger partial charge in [0, 0.05) is 28.8 Å². The van der Waals surface area contributed by atoms with Crippen molar-refractivity contribution in [2.75, 3.05) is 30.0 Å². The second-order valence-electron chi connectivity index (χ2n) is 9.70. The van der Waals surface area contributed by atoms with E-state index in [-0.39, 0.29) is 31.4 Å². The molecule has 0 bridgehead atoms. The van der Waals surface area contributed by atoms with Crippen LogP contribution < -0.4 is 10.2 Å². The minimum absolute atomic E-state index is 0.128. The second-order valence-corrected chi connectivity index (χ2v) is 10.6. The Labute approximate surface area is 266 Å². The van der Waals surface area contributed by atoms with Crippen molar-refractivity contribution in [2.45, 2.75) is 37.5 Å². The Balaban J connectivity index is 2.10. The molecule has 0 saturated carbocycles. The molecule has 0 aromatic heterocycles. The van der Waals surface area contributed by atoms with E-state index in [0.29, 0.717) is 6.42 Å². The first-order chi connectivity index (χ1) is 21.6. The van der Waals surface area contributed by atoms with Crippen LogP contribution in [0.4, 0.5) is 64.1 Å². The van der Waals surface area contributed by atoms with Gasteiger partial charge in [0.1, 0.15) is 5.82 Å². The maximum absolute atomic E-state index is 15.8. The molecule has 0 heterocycles. The van der Waals surface area contributed by atoms with Crippen molar-refractivity contribution in [3.05, 3.63) is 93.0 Å². The van der Waals surface area contributed by atoms with Crippen molar-refractivity contribution in [1.29, 1.82) is 0 Å². The maximum Gasteiger partial charge on any atom is 0.435 e. The van der Waals surface area contributed by atoms with Gasteiger partial charge >= 0.3 is 24.2 Å². The summed E-state index contributed by atoms with van der Waals surface area (Å²) in [4.78, 5) is 27.1. The fourth-order valence-electron chi connectivity index (χ4n) is 4.21. The molecular weight excluding hydrogens is 732 g/mol. The van der Waals surface area contributed by atoms with Crippen molar-refractivity contribution < 1.29 is 67.0 Å². The van der Waals surface area contributed by atoms with Crippen LogP contribution >= 0.6 is 15.9 Å². The molecule has 47 heavy (non-hydrogen) atoms. The topological polar surface area (TPSA) is 58.6 Å². The van der Waals surface area contributed by atoms with Gasteiger partial charge in [-0.3, -0.25) is 9.59 Å². The van der Waals surface area contributed by atoms with Gasteiger partial charge in [0.25, 0.3) is 11.8 Å². The highest BCUT2D eigenvalue weighted by molar-refractivity contribution is 9.10. The molecule has 1 N–H and O–H groups in total. The van der Waals surface area contributed by atoms with Gasteiger partial charge < -0.3 is 15.0 Å². The van der Waals surface area contributed by atoms with Crippen LogP contribution in [0.25, 0.3) is 0 Å². The van der Waals surface area contributed by atoms with Crippen molar-refractivity contribution in [1.82, 2.24) is 0 Å². The highest BCUT2D eigenvalue weighted by atomic mass is 79.9. The standard InChI is InChI=1S/C29H21BrF12N2O3/c1-2-11-47-12-10-44(25(46)15-6-8-17(31)9-7-15)21-5-3-4-18(22(21)32)24(45)43-23-19(27(34,35)36)13-16(14-20(23)30)26(33,28(37,38)39)29(40,41)42/h3-9,13-14H,2,10-12H2,1H3,(H,43,45). The molecule has 0 saturated heterocycles. The van der Waals surface area contributed by atoms with Crippen molar-refractivity contribution in [2.24, 2.45) is 0 Å². The third-order valence-electron chi connectivity index (χ3n) is 6.47. The van der Waals surface area contributed by atoms with Gasteiger partial charge in [-0.1, -0.05) is 13.0 Å². The Morgan fingerprint density at radius 3 is 1.98 bits per heavy atom.